The van der Waals surface area contributed by atoms with Gasteiger partial charge in [-0.2, -0.15) is 0 Å². The van der Waals surface area contributed by atoms with Gasteiger partial charge in [0.15, 0.2) is 0 Å². The molecule has 3 rings (SSSR count). The van der Waals surface area contributed by atoms with E-state index in [1.807, 2.05) is 29.6 Å². The second-order valence-corrected chi connectivity index (χ2v) is 7.07. The number of thiophene rings is 1. The van der Waals surface area contributed by atoms with Crippen molar-refractivity contribution in [2.45, 2.75) is 26.7 Å². The molecule has 0 saturated carbocycles. The Balaban J connectivity index is 1.72. The van der Waals surface area contributed by atoms with Crippen LogP contribution in [-0.4, -0.2) is 11.8 Å². The van der Waals surface area contributed by atoms with Gasteiger partial charge in [-0.3, -0.25) is 9.59 Å². The molecule has 0 unspecified atom stereocenters. The van der Waals surface area contributed by atoms with Crippen molar-refractivity contribution in [2.75, 3.05) is 10.6 Å². The van der Waals surface area contributed by atoms with Gasteiger partial charge in [0.25, 0.3) is 11.8 Å². The largest absolute Gasteiger partial charge is 0.321 e. The van der Waals surface area contributed by atoms with Crippen LogP contribution in [0.4, 0.5) is 11.4 Å². The Hall–Kier alpha value is -2.92. The zero-order valence-corrected chi connectivity index (χ0v) is 16.2. The average Bonchev–Trinajstić information content (AvgIpc) is 3.23. The topological polar surface area (TPSA) is 58.2 Å². The van der Waals surface area contributed by atoms with Crippen LogP contribution in [0.3, 0.4) is 0 Å². The molecule has 3 aromatic rings. The summed E-state index contributed by atoms with van der Waals surface area (Å²) in [7, 11) is 0. The summed E-state index contributed by atoms with van der Waals surface area (Å²) in [4.78, 5) is 25.4. The summed E-state index contributed by atoms with van der Waals surface area (Å²) in [6, 6.07) is 16.7. The number of amides is 2. The Bertz CT molecular complexity index is 909. The van der Waals surface area contributed by atoms with E-state index in [2.05, 4.69) is 24.5 Å². The summed E-state index contributed by atoms with van der Waals surface area (Å²) in [5.74, 6) is -0.298. The monoisotopic (exact) mass is 378 g/mol. The standard InChI is InChI=1S/C22H22N2O2S/c1-3-15-7-5-8-16(4-2)20(15)24-21(25)17-10-12-18(13-11-17)23-22(26)19-9-6-14-27-19/h5-14H,3-4H2,1-2H3,(H,23,26)(H,24,25). The Morgan fingerprint density at radius 2 is 1.48 bits per heavy atom. The van der Waals surface area contributed by atoms with Gasteiger partial charge in [0.1, 0.15) is 0 Å². The number of hydrogen-bond acceptors (Lipinski definition) is 3. The summed E-state index contributed by atoms with van der Waals surface area (Å²) in [6.07, 6.45) is 1.72. The molecule has 0 bridgehead atoms. The van der Waals surface area contributed by atoms with Gasteiger partial charge in [0.2, 0.25) is 0 Å². The lowest BCUT2D eigenvalue weighted by Gasteiger charge is -2.14. The van der Waals surface area contributed by atoms with E-state index in [4.69, 9.17) is 0 Å². The van der Waals surface area contributed by atoms with Crippen molar-refractivity contribution in [3.8, 4) is 0 Å². The number of hydrogen-bond donors (Lipinski definition) is 2. The highest BCUT2D eigenvalue weighted by Crippen LogP contribution is 2.23. The Morgan fingerprint density at radius 1 is 0.815 bits per heavy atom. The van der Waals surface area contributed by atoms with E-state index in [0.29, 0.717) is 16.1 Å². The van der Waals surface area contributed by atoms with E-state index in [-0.39, 0.29) is 11.8 Å². The van der Waals surface area contributed by atoms with E-state index in [1.54, 1.807) is 30.3 Å². The fraction of sp³-hybridized carbons (Fsp3) is 0.182. The minimum absolute atomic E-state index is 0.147. The van der Waals surface area contributed by atoms with E-state index in [0.717, 1.165) is 29.7 Å². The lowest BCUT2D eigenvalue weighted by molar-refractivity contribution is 0.102. The summed E-state index contributed by atoms with van der Waals surface area (Å²) in [6.45, 7) is 4.16. The van der Waals surface area contributed by atoms with Gasteiger partial charge < -0.3 is 10.6 Å². The maximum atomic E-state index is 12.7. The Morgan fingerprint density at radius 3 is 2.04 bits per heavy atom. The van der Waals surface area contributed by atoms with Crippen molar-refractivity contribution in [2.24, 2.45) is 0 Å². The van der Waals surface area contributed by atoms with Crippen molar-refractivity contribution in [1.82, 2.24) is 0 Å². The zero-order chi connectivity index (χ0) is 19.2. The molecule has 4 nitrogen and oxygen atoms in total. The third-order valence-corrected chi connectivity index (χ3v) is 5.26. The highest BCUT2D eigenvalue weighted by Gasteiger charge is 2.12. The highest BCUT2D eigenvalue weighted by atomic mass is 32.1. The van der Waals surface area contributed by atoms with Crippen molar-refractivity contribution in [3.63, 3.8) is 0 Å². The van der Waals surface area contributed by atoms with Crippen molar-refractivity contribution >= 4 is 34.5 Å². The van der Waals surface area contributed by atoms with Crippen molar-refractivity contribution < 1.29 is 9.59 Å². The van der Waals surface area contributed by atoms with Crippen LogP contribution in [-0.2, 0) is 12.8 Å². The molecule has 0 aliphatic carbocycles. The fourth-order valence-corrected chi connectivity index (χ4v) is 3.51. The zero-order valence-electron chi connectivity index (χ0n) is 15.4. The molecular weight excluding hydrogens is 356 g/mol. The van der Waals surface area contributed by atoms with Gasteiger partial charge in [-0.25, -0.2) is 0 Å². The predicted molar refractivity (Wildman–Crippen MR) is 112 cm³/mol. The minimum Gasteiger partial charge on any atom is -0.321 e. The average molecular weight is 378 g/mol. The number of benzene rings is 2. The van der Waals surface area contributed by atoms with Gasteiger partial charge in [-0.1, -0.05) is 38.1 Å². The van der Waals surface area contributed by atoms with Gasteiger partial charge in [0.05, 0.1) is 4.88 Å². The molecule has 5 heteroatoms. The maximum Gasteiger partial charge on any atom is 0.265 e. The SMILES string of the molecule is CCc1cccc(CC)c1NC(=O)c1ccc(NC(=O)c2cccs2)cc1. The maximum absolute atomic E-state index is 12.7. The van der Waals surface area contributed by atoms with E-state index < -0.39 is 0 Å². The van der Waals surface area contributed by atoms with Crippen LogP contribution >= 0.6 is 11.3 Å². The molecule has 1 heterocycles. The first-order valence-corrected chi connectivity index (χ1v) is 9.87. The third kappa shape index (κ3) is 4.44. The normalized spacial score (nSPS) is 10.4. The number of carbonyl (C=O) groups is 2. The molecule has 0 aliphatic rings. The molecule has 0 radical (unpaired) electrons. The second kappa shape index (κ2) is 8.64. The molecule has 0 atom stereocenters. The Labute approximate surface area is 163 Å². The smallest absolute Gasteiger partial charge is 0.265 e. The first kappa shape index (κ1) is 18.9. The first-order chi connectivity index (χ1) is 13.1. The van der Waals surface area contributed by atoms with Crippen LogP contribution < -0.4 is 10.6 Å². The molecule has 2 aromatic carbocycles. The predicted octanol–water partition coefficient (Wildman–Crippen LogP) is 5.38. The van der Waals surface area contributed by atoms with Gasteiger partial charge in [-0.15, -0.1) is 11.3 Å². The van der Waals surface area contributed by atoms with E-state index >= 15 is 0 Å². The second-order valence-electron chi connectivity index (χ2n) is 6.12. The van der Waals surface area contributed by atoms with Crippen LogP contribution in [0.5, 0.6) is 0 Å². The number of aryl methyl sites for hydroxylation is 2. The van der Waals surface area contributed by atoms with Gasteiger partial charge in [-0.05, 0) is 59.7 Å². The van der Waals surface area contributed by atoms with Gasteiger partial charge in [0, 0.05) is 16.9 Å². The van der Waals surface area contributed by atoms with Crippen LogP contribution in [0.25, 0.3) is 0 Å². The summed E-state index contributed by atoms with van der Waals surface area (Å²) < 4.78 is 0. The van der Waals surface area contributed by atoms with Gasteiger partial charge >= 0.3 is 0 Å². The quantitative estimate of drug-likeness (QED) is 0.605. The molecule has 2 amide bonds. The first-order valence-electron chi connectivity index (χ1n) is 8.99. The number of carbonyl (C=O) groups excluding carboxylic acids is 2. The highest BCUT2D eigenvalue weighted by molar-refractivity contribution is 7.12. The molecule has 0 spiro atoms. The number of nitrogens with one attached hydrogen (secondary N) is 2. The van der Waals surface area contributed by atoms with Crippen LogP contribution in [0.1, 0.15) is 45.0 Å². The van der Waals surface area contributed by atoms with Crippen LogP contribution in [0, 0.1) is 0 Å². The molecule has 2 N–H and O–H groups in total. The summed E-state index contributed by atoms with van der Waals surface area (Å²) in [5.41, 5.74) is 4.37. The third-order valence-electron chi connectivity index (χ3n) is 4.39. The number of rotatable bonds is 6. The molecule has 138 valence electrons. The number of para-hydroxylation sites is 1. The van der Waals surface area contributed by atoms with E-state index in [9.17, 15) is 9.59 Å². The lowest BCUT2D eigenvalue weighted by atomic mass is 10.0. The van der Waals surface area contributed by atoms with Crippen molar-refractivity contribution in [3.05, 3.63) is 81.5 Å². The molecule has 1 aromatic heterocycles. The minimum atomic E-state index is -0.151. The molecule has 0 fully saturated rings. The van der Waals surface area contributed by atoms with E-state index in [1.165, 1.54) is 11.3 Å². The molecule has 0 saturated heterocycles. The molecule has 27 heavy (non-hydrogen) atoms. The van der Waals surface area contributed by atoms with Crippen LogP contribution in [0.15, 0.2) is 60.0 Å². The van der Waals surface area contributed by atoms with Crippen LogP contribution in [0.2, 0.25) is 0 Å². The fourth-order valence-electron chi connectivity index (χ4n) is 2.89. The number of anilines is 2. The Kier molecular flexibility index (Phi) is 6.04. The molecule has 0 aliphatic heterocycles. The lowest BCUT2D eigenvalue weighted by Crippen LogP contribution is -2.15. The summed E-state index contributed by atoms with van der Waals surface area (Å²) in [5, 5.41) is 7.75. The van der Waals surface area contributed by atoms with Crippen molar-refractivity contribution in [1.29, 1.82) is 0 Å². The molecular formula is C22H22N2O2S. The summed E-state index contributed by atoms with van der Waals surface area (Å²) >= 11 is 1.39.